The van der Waals surface area contributed by atoms with E-state index in [1.54, 1.807) is 18.3 Å². The van der Waals surface area contributed by atoms with Crippen LogP contribution >= 0.6 is 11.6 Å². The first-order valence-corrected chi connectivity index (χ1v) is 9.49. The summed E-state index contributed by atoms with van der Waals surface area (Å²) in [5.41, 5.74) is 3.40. The number of nitriles is 1. The molecule has 0 aliphatic carbocycles. The van der Waals surface area contributed by atoms with Crippen molar-refractivity contribution in [1.29, 1.82) is 5.26 Å². The van der Waals surface area contributed by atoms with E-state index in [2.05, 4.69) is 5.32 Å². The number of hydrogen-bond acceptors (Lipinski definition) is 3. The van der Waals surface area contributed by atoms with Crippen molar-refractivity contribution in [3.05, 3.63) is 107 Å². The van der Waals surface area contributed by atoms with Gasteiger partial charge in [0.25, 0.3) is 5.91 Å². The third-order valence-corrected chi connectivity index (χ3v) is 4.62. The Bertz CT molecular complexity index is 1060. The summed E-state index contributed by atoms with van der Waals surface area (Å²) < 4.78 is 0. The number of nitrogens with one attached hydrogen (secondary N) is 1. The minimum atomic E-state index is -0.480. The Morgan fingerprint density at radius 2 is 1.72 bits per heavy atom. The highest BCUT2D eigenvalue weighted by atomic mass is 35.5. The van der Waals surface area contributed by atoms with E-state index in [9.17, 15) is 10.1 Å². The van der Waals surface area contributed by atoms with Crippen LogP contribution in [0.25, 0.3) is 0 Å². The SMILES string of the molecule is Cc1ccc(Cl)cc1NC(=O)/C(C#N)=C\N(Cc1ccccc1)c1ccccc1. The number of halogens is 1. The Kier molecular flexibility index (Phi) is 6.67. The molecule has 0 heterocycles. The number of aryl methyl sites for hydroxylation is 1. The molecule has 3 rings (SSSR count). The fourth-order valence-electron chi connectivity index (χ4n) is 2.82. The van der Waals surface area contributed by atoms with Gasteiger partial charge in [0.15, 0.2) is 0 Å². The molecule has 0 spiro atoms. The molecule has 0 fully saturated rings. The van der Waals surface area contributed by atoms with Crippen LogP contribution in [-0.2, 0) is 11.3 Å². The van der Waals surface area contributed by atoms with E-state index in [-0.39, 0.29) is 5.57 Å². The molecule has 0 aliphatic heterocycles. The molecule has 0 bridgehead atoms. The summed E-state index contributed by atoms with van der Waals surface area (Å²) in [6, 6.07) is 26.8. The highest BCUT2D eigenvalue weighted by molar-refractivity contribution is 6.31. The van der Waals surface area contributed by atoms with Crippen LogP contribution in [0, 0.1) is 18.3 Å². The topological polar surface area (TPSA) is 56.1 Å². The number of hydrogen-bond donors (Lipinski definition) is 1. The van der Waals surface area contributed by atoms with Crippen LogP contribution in [-0.4, -0.2) is 5.91 Å². The van der Waals surface area contributed by atoms with Gasteiger partial charge in [-0.2, -0.15) is 5.26 Å². The molecule has 0 atom stereocenters. The molecular formula is C24H20ClN3O. The molecule has 4 nitrogen and oxygen atoms in total. The van der Waals surface area contributed by atoms with Crippen molar-refractivity contribution in [3.8, 4) is 6.07 Å². The summed E-state index contributed by atoms with van der Waals surface area (Å²) in [5.74, 6) is -0.480. The Labute approximate surface area is 175 Å². The first kappa shape index (κ1) is 20.2. The van der Waals surface area contributed by atoms with Gasteiger partial charge in [-0.15, -0.1) is 0 Å². The minimum absolute atomic E-state index is 0.00385. The monoisotopic (exact) mass is 401 g/mol. The van der Waals surface area contributed by atoms with E-state index in [0.717, 1.165) is 16.8 Å². The number of carbonyl (C=O) groups excluding carboxylic acids is 1. The van der Waals surface area contributed by atoms with Crippen molar-refractivity contribution in [2.45, 2.75) is 13.5 Å². The zero-order valence-corrected chi connectivity index (χ0v) is 16.7. The lowest BCUT2D eigenvalue weighted by atomic mass is 10.1. The van der Waals surface area contributed by atoms with Crippen LogP contribution in [0.1, 0.15) is 11.1 Å². The zero-order valence-electron chi connectivity index (χ0n) is 16.0. The van der Waals surface area contributed by atoms with Gasteiger partial charge in [-0.3, -0.25) is 4.79 Å². The minimum Gasteiger partial charge on any atom is -0.342 e. The molecule has 29 heavy (non-hydrogen) atoms. The predicted molar refractivity (Wildman–Crippen MR) is 118 cm³/mol. The fraction of sp³-hybridized carbons (Fsp3) is 0.0833. The number of nitrogens with zero attached hydrogens (tertiary/aromatic N) is 2. The van der Waals surface area contributed by atoms with Gasteiger partial charge < -0.3 is 10.2 Å². The number of carbonyl (C=O) groups is 1. The molecule has 1 amide bonds. The third kappa shape index (κ3) is 5.47. The van der Waals surface area contributed by atoms with Gasteiger partial charge in [0.2, 0.25) is 0 Å². The molecule has 5 heteroatoms. The summed E-state index contributed by atoms with van der Waals surface area (Å²) in [4.78, 5) is 14.6. The van der Waals surface area contributed by atoms with Crippen molar-refractivity contribution >= 4 is 28.9 Å². The summed E-state index contributed by atoms with van der Waals surface area (Å²) >= 11 is 6.03. The lowest BCUT2D eigenvalue weighted by Gasteiger charge is -2.21. The van der Waals surface area contributed by atoms with Gasteiger partial charge >= 0.3 is 0 Å². The Hall–Kier alpha value is -3.55. The molecular weight excluding hydrogens is 382 g/mol. The van der Waals surface area contributed by atoms with Crippen LogP contribution in [0.3, 0.4) is 0 Å². The molecule has 3 aromatic carbocycles. The van der Waals surface area contributed by atoms with E-state index < -0.39 is 5.91 Å². The average Bonchev–Trinajstić information content (AvgIpc) is 2.75. The second-order valence-electron chi connectivity index (χ2n) is 6.52. The number of benzene rings is 3. The van der Waals surface area contributed by atoms with Gasteiger partial charge in [-0.1, -0.05) is 66.2 Å². The Balaban J connectivity index is 1.90. The molecule has 144 valence electrons. The van der Waals surface area contributed by atoms with E-state index >= 15 is 0 Å². The van der Waals surface area contributed by atoms with Crippen molar-refractivity contribution in [2.24, 2.45) is 0 Å². The molecule has 0 aromatic heterocycles. The quantitative estimate of drug-likeness (QED) is 0.425. The van der Waals surface area contributed by atoms with Gasteiger partial charge in [0, 0.05) is 29.1 Å². The first-order valence-electron chi connectivity index (χ1n) is 9.12. The van der Waals surface area contributed by atoms with Crippen LogP contribution in [0.4, 0.5) is 11.4 Å². The average molecular weight is 402 g/mol. The van der Waals surface area contributed by atoms with E-state index in [4.69, 9.17) is 11.6 Å². The number of para-hydroxylation sites is 1. The van der Waals surface area contributed by atoms with Gasteiger partial charge in [0.1, 0.15) is 11.6 Å². The maximum absolute atomic E-state index is 12.8. The van der Waals surface area contributed by atoms with Crippen LogP contribution in [0.15, 0.2) is 90.6 Å². The van der Waals surface area contributed by atoms with Crippen molar-refractivity contribution in [1.82, 2.24) is 0 Å². The fourth-order valence-corrected chi connectivity index (χ4v) is 3.00. The summed E-state index contributed by atoms with van der Waals surface area (Å²) in [7, 11) is 0. The predicted octanol–water partition coefficient (Wildman–Crippen LogP) is 5.70. The largest absolute Gasteiger partial charge is 0.342 e. The Morgan fingerprint density at radius 3 is 2.38 bits per heavy atom. The molecule has 3 aromatic rings. The third-order valence-electron chi connectivity index (χ3n) is 4.38. The maximum atomic E-state index is 12.8. The van der Waals surface area contributed by atoms with Crippen LogP contribution in [0.2, 0.25) is 5.02 Å². The maximum Gasteiger partial charge on any atom is 0.267 e. The van der Waals surface area contributed by atoms with Crippen molar-refractivity contribution < 1.29 is 4.79 Å². The summed E-state index contributed by atoms with van der Waals surface area (Å²) in [5, 5.41) is 12.9. The van der Waals surface area contributed by atoms with Crippen molar-refractivity contribution in [3.63, 3.8) is 0 Å². The number of rotatable bonds is 6. The highest BCUT2D eigenvalue weighted by Gasteiger charge is 2.14. The number of amides is 1. The smallest absolute Gasteiger partial charge is 0.267 e. The lowest BCUT2D eigenvalue weighted by Crippen LogP contribution is -2.21. The van der Waals surface area contributed by atoms with Crippen LogP contribution in [0.5, 0.6) is 0 Å². The molecule has 0 unspecified atom stereocenters. The standard InChI is InChI=1S/C24H20ClN3O/c1-18-12-13-21(25)14-23(18)27-24(29)20(15-26)17-28(22-10-6-3-7-11-22)16-19-8-4-2-5-9-19/h2-14,17H,16H2,1H3,(H,27,29)/b20-17-. The van der Waals surface area contributed by atoms with E-state index in [1.165, 1.54) is 0 Å². The van der Waals surface area contributed by atoms with Gasteiger partial charge in [0.05, 0.1) is 0 Å². The molecule has 0 aliphatic rings. The normalized spacial score (nSPS) is 10.9. The Morgan fingerprint density at radius 1 is 1.07 bits per heavy atom. The molecule has 0 saturated heterocycles. The molecule has 0 saturated carbocycles. The van der Waals surface area contributed by atoms with Gasteiger partial charge in [-0.05, 0) is 42.3 Å². The summed E-state index contributed by atoms with van der Waals surface area (Å²) in [6.45, 7) is 2.40. The van der Waals surface area contributed by atoms with Crippen LogP contribution < -0.4 is 10.2 Å². The molecule has 1 N–H and O–H groups in total. The first-order chi connectivity index (χ1) is 14.1. The van der Waals surface area contributed by atoms with Crippen molar-refractivity contribution in [2.75, 3.05) is 10.2 Å². The second kappa shape index (κ2) is 9.59. The highest BCUT2D eigenvalue weighted by Crippen LogP contribution is 2.22. The summed E-state index contributed by atoms with van der Waals surface area (Å²) in [6.07, 6.45) is 1.58. The van der Waals surface area contributed by atoms with Gasteiger partial charge in [-0.25, -0.2) is 0 Å². The lowest BCUT2D eigenvalue weighted by molar-refractivity contribution is -0.112. The molecule has 0 radical (unpaired) electrons. The zero-order chi connectivity index (χ0) is 20.6. The number of anilines is 2. The van der Waals surface area contributed by atoms with E-state index in [0.29, 0.717) is 17.3 Å². The second-order valence-corrected chi connectivity index (χ2v) is 6.95. The van der Waals surface area contributed by atoms with E-state index in [1.807, 2.05) is 84.6 Å².